The van der Waals surface area contributed by atoms with Crippen LogP contribution >= 0.6 is 0 Å². The summed E-state index contributed by atoms with van der Waals surface area (Å²) in [6, 6.07) is -0.621. The number of allylic oxidation sites excluding steroid dienone is 1. The zero-order chi connectivity index (χ0) is 61.3. The van der Waals surface area contributed by atoms with Gasteiger partial charge in [-0.3, -0.25) is 9.59 Å². The van der Waals surface area contributed by atoms with E-state index in [4.69, 9.17) is 4.74 Å². The molecule has 1 amide bonds. The van der Waals surface area contributed by atoms with Gasteiger partial charge < -0.3 is 20.3 Å². The van der Waals surface area contributed by atoms with Crippen molar-refractivity contribution in [2.45, 2.75) is 469 Å². The molecule has 0 saturated heterocycles. The average Bonchev–Trinajstić information content (AvgIpc) is 3.55. The molecule has 0 rings (SSSR count). The van der Waals surface area contributed by atoms with Crippen LogP contribution in [0.25, 0.3) is 0 Å². The first-order chi connectivity index (χ1) is 42.0. The molecule has 6 nitrogen and oxygen atoms in total. The zero-order valence-corrected chi connectivity index (χ0v) is 58.1. The van der Waals surface area contributed by atoms with Crippen LogP contribution in [0.4, 0.5) is 0 Å². The number of hydrogen-bond donors (Lipinski definition) is 3. The van der Waals surface area contributed by atoms with E-state index in [0.717, 1.165) is 38.5 Å². The number of amides is 1. The van der Waals surface area contributed by atoms with E-state index < -0.39 is 12.1 Å². The highest BCUT2D eigenvalue weighted by atomic mass is 16.5. The highest BCUT2D eigenvalue weighted by molar-refractivity contribution is 5.76. The molecular weight excluding hydrogens is 1040 g/mol. The largest absolute Gasteiger partial charge is 0.466 e. The van der Waals surface area contributed by atoms with Crippen molar-refractivity contribution < 1.29 is 24.5 Å². The number of carbonyl (C=O) groups excluding carboxylic acids is 2. The molecule has 2 atom stereocenters. The van der Waals surface area contributed by atoms with Crippen LogP contribution in [0.15, 0.2) is 12.2 Å². The normalized spacial score (nSPS) is 12.5. The minimum atomic E-state index is -0.838. The van der Waals surface area contributed by atoms with Gasteiger partial charge in [-0.2, -0.15) is 0 Å². The van der Waals surface area contributed by atoms with E-state index in [1.165, 1.54) is 392 Å². The van der Waals surface area contributed by atoms with Gasteiger partial charge in [0, 0.05) is 12.8 Å². The van der Waals surface area contributed by atoms with Crippen molar-refractivity contribution in [3.05, 3.63) is 12.2 Å². The first kappa shape index (κ1) is 83.6. The maximum absolute atomic E-state index is 12.5. The van der Waals surface area contributed by atoms with Crippen LogP contribution in [0.2, 0.25) is 0 Å². The van der Waals surface area contributed by atoms with E-state index in [1.807, 2.05) is 6.08 Å². The third-order valence-corrected chi connectivity index (χ3v) is 18.8. The number of unbranched alkanes of at least 4 members (excludes halogenated alkanes) is 64. The van der Waals surface area contributed by atoms with Gasteiger partial charge in [0.1, 0.15) is 0 Å². The Morgan fingerprint density at radius 3 is 0.800 bits per heavy atom. The number of aliphatic hydroxyl groups is 2. The number of nitrogens with one attached hydrogen (secondary N) is 1. The molecule has 0 aromatic carbocycles. The molecule has 0 aliphatic carbocycles. The molecule has 0 heterocycles. The molecule has 3 N–H and O–H groups in total. The quantitative estimate of drug-likeness (QED) is 0.0320. The SMILES string of the molecule is CCCCCCCCCCC/C=C/C(O)C(CO)NC(=O)CCCCCCCCCCCCCCCCCCCCCCCCCCCCCCCCCCCCCCCCCOC(=O)CCCCCCCCCCCCCCCCCCCC. The number of aliphatic hydroxyl groups excluding tert-OH is 2. The van der Waals surface area contributed by atoms with E-state index >= 15 is 0 Å². The van der Waals surface area contributed by atoms with Crippen LogP contribution in [-0.2, 0) is 14.3 Å². The summed E-state index contributed by atoms with van der Waals surface area (Å²) in [5.41, 5.74) is 0. The van der Waals surface area contributed by atoms with E-state index in [2.05, 4.69) is 19.2 Å². The summed E-state index contributed by atoms with van der Waals surface area (Å²) in [6.07, 6.45) is 95.0. The molecule has 2 unspecified atom stereocenters. The van der Waals surface area contributed by atoms with Crippen LogP contribution < -0.4 is 5.32 Å². The van der Waals surface area contributed by atoms with Gasteiger partial charge in [-0.05, 0) is 32.1 Å². The highest BCUT2D eigenvalue weighted by Gasteiger charge is 2.18. The van der Waals surface area contributed by atoms with E-state index in [0.29, 0.717) is 19.4 Å². The predicted octanol–water partition coefficient (Wildman–Crippen LogP) is 25.9. The van der Waals surface area contributed by atoms with Crippen molar-refractivity contribution >= 4 is 11.9 Å². The van der Waals surface area contributed by atoms with Crippen molar-refractivity contribution in [2.24, 2.45) is 0 Å². The molecule has 0 spiro atoms. The zero-order valence-electron chi connectivity index (χ0n) is 58.1. The molecular formula is C79H155NO5. The minimum Gasteiger partial charge on any atom is -0.466 e. The second kappa shape index (κ2) is 75.1. The van der Waals surface area contributed by atoms with Crippen molar-refractivity contribution in [3.63, 3.8) is 0 Å². The van der Waals surface area contributed by atoms with Gasteiger partial charge in [-0.1, -0.05) is 424 Å². The highest BCUT2D eigenvalue weighted by Crippen LogP contribution is 2.20. The topological polar surface area (TPSA) is 95.9 Å². The third-order valence-electron chi connectivity index (χ3n) is 18.8. The lowest BCUT2D eigenvalue weighted by Gasteiger charge is -2.20. The fourth-order valence-electron chi connectivity index (χ4n) is 12.8. The first-order valence-corrected chi connectivity index (χ1v) is 39.5. The van der Waals surface area contributed by atoms with Crippen LogP contribution in [0.1, 0.15) is 457 Å². The van der Waals surface area contributed by atoms with Crippen molar-refractivity contribution in [2.75, 3.05) is 13.2 Å². The lowest BCUT2D eigenvalue weighted by Crippen LogP contribution is -2.45. The molecule has 0 bridgehead atoms. The Kier molecular flexibility index (Phi) is 73.8. The van der Waals surface area contributed by atoms with Gasteiger partial charge in [0.2, 0.25) is 5.91 Å². The lowest BCUT2D eigenvalue weighted by atomic mass is 10.0. The lowest BCUT2D eigenvalue weighted by molar-refractivity contribution is -0.143. The van der Waals surface area contributed by atoms with Crippen LogP contribution in [0.3, 0.4) is 0 Å². The van der Waals surface area contributed by atoms with Crippen molar-refractivity contribution in [3.8, 4) is 0 Å². The van der Waals surface area contributed by atoms with Crippen molar-refractivity contribution in [1.82, 2.24) is 5.32 Å². The average molecular weight is 1200 g/mol. The van der Waals surface area contributed by atoms with Gasteiger partial charge in [0.05, 0.1) is 25.4 Å². The second-order valence-corrected chi connectivity index (χ2v) is 27.4. The smallest absolute Gasteiger partial charge is 0.305 e. The fourth-order valence-corrected chi connectivity index (χ4v) is 12.8. The van der Waals surface area contributed by atoms with E-state index in [9.17, 15) is 19.8 Å². The van der Waals surface area contributed by atoms with Gasteiger partial charge >= 0.3 is 5.97 Å². The maximum atomic E-state index is 12.5. The first-order valence-electron chi connectivity index (χ1n) is 39.5. The molecule has 0 aliphatic heterocycles. The van der Waals surface area contributed by atoms with Gasteiger partial charge in [0.25, 0.3) is 0 Å². The van der Waals surface area contributed by atoms with Crippen LogP contribution in [0, 0.1) is 0 Å². The Labute approximate surface area is 533 Å². The standard InChI is InChI=1S/C79H155NO5/c1-3-5-7-9-11-13-15-16-17-18-43-46-49-53-57-61-65-69-73-79(84)85-74-70-66-62-58-54-50-47-44-41-39-37-35-33-31-29-27-25-23-21-19-20-22-24-26-28-30-32-34-36-38-40-42-45-48-52-56-60-64-68-72-78(83)80-76(75-81)77(82)71-67-63-59-55-51-14-12-10-8-6-4-2/h67,71,76-77,81-82H,3-66,68-70,72-75H2,1-2H3,(H,80,83)/b71-67+. The minimum absolute atomic E-state index is 0.0294. The third kappa shape index (κ3) is 71.6. The number of hydrogen-bond acceptors (Lipinski definition) is 5. The molecule has 0 saturated carbocycles. The second-order valence-electron chi connectivity index (χ2n) is 27.4. The molecule has 0 aromatic rings. The van der Waals surface area contributed by atoms with E-state index in [1.54, 1.807) is 6.08 Å². The number of carbonyl (C=O) groups is 2. The summed E-state index contributed by atoms with van der Waals surface area (Å²) in [5.74, 6) is -0.0313. The number of ether oxygens (including phenoxy) is 1. The fraction of sp³-hybridized carbons (Fsp3) is 0.949. The van der Waals surface area contributed by atoms with Crippen molar-refractivity contribution in [1.29, 1.82) is 0 Å². The molecule has 0 aromatic heterocycles. The molecule has 0 fully saturated rings. The summed E-state index contributed by atoms with van der Waals surface area (Å²) in [4.78, 5) is 24.6. The summed E-state index contributed by atoms with van der Waals surface area (Å²) < 4.78 is 5.52. The summed E-state index contributed by atoms with van der Waals surface area (Å²) in [7, 11) is 0. The van der Waals surface area contributed by atoms with Gasteiger partial charge in [-0.25, -0.2) is 0 Å². The van der Waals surface area contributed by atoms with Gasteiger partial charge in [0.15, 0.2) is 0 Å². The maximum Gasteiger partial charge on any atom is 0.305 e. The Balaban J connectivity index is 3.26. The van der Waals surface area contributed by atoms with Crippen LogP contribution in [-0.4, -0.2) is 47.4 Å². The summed E-state index contributed by atoms with van der Waals surface area (Å²) in [5, 5.41) is 23.1. The molecule has 506 valence electrons. The molecule has 0 radical (unpaired) electrons. The Bertz CT molecular complexity index is 1290. The molecule has 85 heavy (non-hydrogen) atoms. The number of esters is 1. The monoisotopic (exact) mass is 1200 g/mol. The number of rotatable bonds is 75. The summed E-state index contributed by atoms with van der Waals surface area (Å²) >= 11 is 0. The van der Waals surface area contributed by atoms with Gasteiger partial charge in [-0.15, -0.1) is 0 Å². The molecule has 0 aliphatic rings. The Morgan fingerprint density at radius 1 is 0.318 bits per heavy atom. The van der Waals surface area contributed by atoms with Crippen LogP contribution in [0.5, 0.6) is 0 Å². The molecule has 6 heteroatoms. The van der Waals surface area contributed by atoms with E-state index in [-0.39, 0.29) is 18.5 Å². The Hall–Kier alpha value is -1.40. The predicted molar refractivity (Wildman–Crippen MR) is 375 cm³/mol. The Morgan fingerprint density at radius 2 is 0.541 bits per heavy atom. The summed E-state index contributed by atoms with van der Waals surface area (Å²) in [6.45, 7) is 4.94.